The molecule has 1 fully saturated rings. The fourth-order valence-electron chi connectivity index (χ4n) is 0.843. The highest BCUT2D eigenvalue weighted by molar-refractivity contribution is 5.91. The molecule has 0 saturated carbocycles. The molecule has 1 unspecified atom stereocenters. The molecule has 1 saturated heterocycles. The lowest BCUT2D eigenvalue weighted by Crippen LogP contribution is -2.32. The fraction of sp³-hybridized carbons (Fsp3) is 0.667. The summed E-state index contributed by atoms with van der Waals surface area (Å²) in [6.45, 7) is -0.0994. The van der Waals surface area contributed by atoms with E-state index >= 15 is 0 Å². The Morgan fingerprint density at radius 3 is 2.69 bits per heavy atom. The van der Waals surface area contributed by atoms with Crippen LogP contribution in [-0.2, 0) is 19.1 Å². The Kier molecular flexibility index (Phi) is 2.78. The SMILES string of the molecule is O=C1CC(=O)OC([N+](=O)[O-])CCO1. The minimum absolute atomic E-state index is 0.0994. The molecule has 0 aliphatic carbocycles. The Bertz CT molecular complexity index is 250. The molecule has 72 valence electrons. The average Bonchev–Trinajstić information content (AvgIpc) is 1.98. The van der Waals surface area contributed by atoms with Crippen LogP contribution in [-0.4, -0.2) is 29.7 Å². The van der Waals surface area contributed by atoms with Gasteiger partial charge >= 0.3 is 18.2 Å². The van der Waals surface area contributed by atoms with Crippen molar-refractivity contribution >= 4 is 11.9 Å². The van der Waals surface area contributed by atoms with Crippen molar-refractivity contribution in [3.63, 3.8) is 0 Å². The third-order valence-electron chi connectivity index (χ3n) is 1.42. The Balaban J connectivity index is 2.59. The molecular formula is C6H7NO6. The van der Waals surface area contributed by atoms with Gasteiger partial charge in [0.15, 0.2) is 0 Å². The van der Waals surface area contributed by atoms with Crippen LogP contribution >= 0.6 is 0 Å². The van der Waals surface area contributed by atoms with Gasteiger partial charge in [-0.2, -0.15) is 0 Å². The number of hydrogen-bond donors (Lipinski definition) is 0. The lowest BCUT2D eigenvalue weighted by Gasteiger charge is -2.13. The molecule has 0 N–H and O–H groups in total. The molecule has 0 spiro atoms. The van der Waals surface area contributed by atoms with E-state index < -0.39 is 29.5 Å². The summed E-state index contributed by atoms with van der Waals surface area (Å²) >= 11 is 0. The van der Waals surface area contributed by atoms with Crippen molar-refractivity contribution in [1.29, 1.82) is 0 Å². The number of rotatable bonds is 1. The third-order valence-corrected chi connectivity index (χ3v) is 1.42. The van der Waals surface area contributed by atoms with E-state index in [2.05, 4.69) is 9.47 Å². The van der Waals surface area contributed by atoms with Crippen LogP contribution in [0.25, 0.3) is 0 Å². The molecule has 0 radical (unpaired) electrons. The molecule has 1 atom stereocenters. The van der Waals surface area contributed by atoms with Gasteiger partial charge < -0.3 is 9.47 Å². The maximum Gasteiger partial charge on any atom is 0.359 e. The zero-order valence-corrected chi connectivity index (χ0v) is 6.60. The molecular weight excluding hydrogens is 182 g/mol. The summed E-state index contributed by atoms with van der Waals surface area (Å²) in [5.74, 6) is -1.64. The van der Waals surface area contributed by atoms with Crippen LogP contribution in [0.4, 0.5) is 0 Å². The van der Waals surface area contributed by atoms with Gasteiger partial charge in [-0.15, -0.1) is 0 Å². The summed E-state index contributed by atoms with van der Waals surface area (Å²) in [6, 6.07) is 0. The molecule has 0 aromatic rings. The molecule has 0 bridgehead atoms. The van der Waals surface area contributed by atoms with E-state index in [-0.39, 0.29) is 13.0 Å². The molecule has 1 aliphatic rings. The van der Waals surface area contributed by atoms with Crippen molar-refractivity contribution in [2.45, 2.75) is 19.1 Å². The van der Waals surface area contributed by atoms with Crippen LogP contribution in [0.3, 0.4) is 0 Å². The first-order valence-electron chi connectivity index (χ1n) is 3.58. The fourth-order valence-corrected chi connectivity index (χ4v) is 0.843. The van der Waals surface area contributed by atoms with E-state index in [1.807, 2.05) is 0 Å². The predicted molar refractivity (Wildman–Crippen MR) is 37.1 cm³/mol. The number of esters is 2. The number of ether oxygens (including phenoxy) is 2. The highest BCUT2D eigenvalue weighted by atomic mass is 16.7. The maximum absolute atomic E-state index is 10.7. The smallest absolute Gasteiger partial charge is 0.359 e. The Morgan fingerprint density at radius 2 is 2.08 bits per heavy atom. The second-order valence-electron chi connectivity index (χ2n) is 2.42. The summed E-state index contributed by atoms with van der Waals surface area (Å²) < 4.78 is 8.87. The summed E-state index contributed by atoms with van der Waals surface area (Å²) in [4.78, 5) is 30.9. The van der Waals surface area contributed by atoms with Gasteiger partial charge in [0.1, 0.15) is 13.0 Å². The van der Waals surface area contributed by atoms with Gasteiger partial charge in [-0.25, -0.2) is 0 Å². The topological polar surface area (TPSA) is 95.7 Å². The highest BCUT2D eigenvalue weighted by Crippen LogP contribution is 2.06. The van der Waals surface area contributed by atoms with Crippen molar-refractivity contribution in [1.82, 2.24) is 0 Å². The van der Waals surface area contributed by atoms with E-state index in [1.54, 1.807) is 0 Å². The van der Waals surface area contributed by atoms with Gasteiger partial charge in [-0.1, -0.05) is 0 Å². The van der Waals surface area contributed by atoms with E-state index in [9.17, 15) is 19.7 Å². The summed E-state index contributed by atoms with van der Waals surface area (Å²) in [6.07, 6.45) is -2.07. The van der Waals surface area contributed by atoms with Crippen molar-refractivity contribution in [2.24, 2.45) is 0 Å². The number of carbonyl (C=O) groups excluding carboxylic acids is 2. The second kappa shape index (κ2) is 3.83. The van der Waals surface area contributed by atoms with Gasteiger partial charge in [0.05, 0.1) is 11.3 Å². The van der Waals surface area contributed by atoms with Gasteiger partial charge in [0.2, 0.25) is 0 Å². The second-order valence-corrected chi connectivity index (χ2v) is 2.42. The minimum atomic E-state index is -1.40. The standard InChI is InChI=1S/C6H7NO6/c8-5-3-6(9)13-4(7(10)11)1-2-12-5/h4H,1-3H2. The Morgan fingerprint density at radius 1 is 1.38 bits per heavy atom. The van der Waals surface area contributed by atoms with E-state index in [0.29, 0.717) is 0 Å². The van der Waals surface area contributed by atoms with E-state index in [0.717, 1.165) is 0 Å². The maximum atomic E-state index is 10.7. The Hall–Kier alpha value is -1.66. The monoisotopic (exact) mass is 189 g/mol. The normalized spacial score (nSPS) is 23.8. The van der Waals surface area contributed by atoms with Gasteiger partial charge in [0, 0.05) is 0 Å². The lowest BCUT2D eigenvalue weighted by molar-refractivity contribution is -0.569. The Labute approximate surface area is 72.8 Å². The highest BCUT2D eigenvalue weighted by Gasteiger charge is 2.29. The molecule has 1 rings (SSSR count). The van der Waals surface area contributed by atoms with E-state index in [4.69, 9.17) is 0 Å². The lowest BCUT2D eigenvalue weighted by atomic mass is 10.3. The van der Waals surface area contributed by atoms with Crippen LogP contribution in [0.15, 0.2) is 0 Å². The molecule has 0 aromatic heterocycles. The summed E-state index contributed by atoms with van der Waals surface area (Å²) in [5.41, 5.74) is 0. The summed E-state index contributed by atoms with van der Waals surface area (Å²) in [5, 5.41) is 10.2. The number of cyclic esters (lactones) is 2. The quantitative estimate of drug-likeness (QED) is 0.238. The van der Waals surface area contributed by atoms with Gasteiger partial charge in [-0.3, -0.25) is 19.7 Å². The first-order chi connectivity index (χ1) is 6.09. The van der Waals surface area contributed by atoms with Crippen molar-refractivity contribution < 1.29 is 24.0 Å². The molecule has 1 heterocycles. The van der Waals surface area contributed by atoms with Crippen LogP contribution in [0, 0.1) is 10.1 Å². The van der Waals surface area contributed by atoms with Gasteiger partial charge in [-0.05, 0) is 0 Å². The molecule has 1 aliphatic heterocycles. The molecule has 0 aromatic carbocycles. The largest absolute Gasteiger partial charge is 0.465 e. The van der Waals surface area contributed by atoms with Gasteiger partial charge in [0.25, 0.3) is 0 Å². The van der Waals surface area contributed by atoms with Crippen LogP contribution in [0.5, 0.6) is 0 Å². The molecule has 7 heteroatoms. The number of hydrogen-bond acceptors (Lipinski definition) is 6. The van der Waals surface area contributed by atoms with E-state index in [1.165, 1.54) is 0 Å². The van der Waals surface area contributed by atoms with Crippen LogP contribution in [0.2, 0.25) is 0 Å². The summed E-state index contributed by atoms with van der Waals surface area (Å²) in [7, 11) is 0. The average molecular weight is 189 g/mol. The predicted octanol–water partition coefficient (Wildman–Crippen LogP) is -0.531. The number of nitro groups is 1. The van der Waals surface area contributed by atoms with Crippen LogP contribution in [0.1, 0.15) is 12.8 Å². The molecule has 13 heavy (non-hydrogen) atoms. The van der Waals surface area contributed by atoms with Crippen molar-refractivity contribution in [3.8, 4) is 0 Å². The molecule has 7 nitrogen and oxygen atoms in total. The van der Waals surface area contributed by atoms with Crippen LogP contribution < -0.4 is 0 Å². The van der Waals surface area contributed by atoms with Crippen molar-refractivity contribution in [3.05, 3.63) is 10.1 Å². The number of carbonyl (C=O) groups is 2. The first-order valence-corrected chi connectivity index (χ1v) is 3.58. The van der Waals surface area contributed by atoms with Crippen molar-refractivity contribution in [2.75, 3.05) is 6.61 Å². The molecule has 0 amide bonds. The number of nitrogens with zero attached hydrogens (tertiary/aromatic N) is 1. The minimum Gasteiger partial charge on any atom is -0.465 e. The zero-order chi connectivity index (χ0) is 9.84. The zero-order valence-electron chi connectivity index (χ0n) is 6.60. The third kappa shape index (κ3) is 2.69. The first kappa shape index (κ1) is 9.43.